The Labute approximate surface area is 267 Å². The first-order valence-corrected chi connectivity index (χ1v) is 16.3. The van der Waals surface area contributed by atoms with E-state index in [9.17, 15) is 32.1 Å². The minimum Gasteiger partial charge on any atom is -0.488 e. The van der Waals surface area contributed by atoms with Crippen molar-refractivity contribution < 1.29 is 55.4 Å². The Morgan fingerprint density at radius 3 is 2.54 bits per heavy atom. The lowest BCUT2D eigenvalue weighted by molar-refractivity contribution is -0.181. The first-order chi connectivity index (χ1) is 21.7. The van der Waals surface area contributed by atoms with Crippen LogP contribution in [0.2, 0.25) is 5.02 Å². The summed E-state index contributed by atoms with van der Waals surface area (Å²) < 4.78 is 82.8. The molecule has 2 aliphatic rings. The van der Waals surface area contributed by atoms with Crippen LogP contribution in [0, 0.1) is 5.92 Å². The number of carbonyl (C=O) groups is 3. The monoisotopic (exact) mass is 689 g/mol. The van der Waals surface area contributed by atoms with Crippen LogP contribution in [0.4, 0.5) is 28.4 Å². The van der Waals surface area contributed by atoms with E-state index in [1.165, 1.54) is 25.1 Å². The summed E-state index contributed by atoms with van der Waals surface area (Å²) in [6, 6.07) is 9.09. The molecule has 250 valence electrons. The van der Waals surface area contributed by atoms with Gasteiger partial charge in [0.2, 0.25) is 0 Å². The summed E-state index contributed by atoms with van der Waals surface area (Å²) in [6.07, 6.45) is -3.97. The molecule has 1 aliphatic carbocycles. The number of rotatable bonds is 14. The maximum absolute atomic E-state index is 14.4. The molecule has 2 unspecified atom stereocenters. The van der Waals surface area contributed by atoms with Gasteiger partial charge >= 0.3 is 31.9 Å². The topological polar surface area (TPSA) is 151 Å². The highest BCUT2D eigenvalue weighted by molar-refractivity contribution is 7.54. The van der Waals surface area contributed by atoms with E-state index in [2.05, 4.69) is 10.6 Å². The van der Waals surface area contributed by atoms with E-state index < -0.39 is 49.8 Å². The maximum atomic E-state index is 14.4. The molecule has 1 fully saturated rings. The number of esters is 1. The van der Waals surface area contributed by atoms with E-state index in [4.69, 9.17) is 34.9 Å². The minimum absolute atomic E-state index is 0.00810. The number of benzene rings is 2. The molecule has 3 amide bonds. The molecule has 4 rings (SSSR count). The predicted octanol–water partition coefficient (Wildman–Crippen LogP) is 6.50. The molecule has 0 spiro atoms. The van der Waals surface area contributed by atoms with Crippen LogP contribution in [-0.4, -0.2) is 56.5 Å². The van der Waals surface area contributed by atoms with Gasteiger partial charge in [0.1, 0.15) is 31.0 Å². The van der Waals surface area contributed by atoms with Crippen molar-refractivity contribution in [3.8, 4) is 11.5 Å². The number of carbonyl (C=O) groups excluding carboxylic acids is 3. The van der Waals surface area contributed by atoms with Gasteiger partial charge < -0.3 is 34.7 Å². The summed E-state index contributed by atoms with van der Waals surface area (Å²) in [5, 5.41) is 6.40. The number of ether oxygens (including phenoxy) is 3. The molecule has 0 bridgehead atoms. The molecule has 3 N–H and O–H groups in total. The van der Waals surface area contributed by atoms with Crippen LogP contribution >= 0.6 is 19.2 Å². The molecule has 17 heteroatoms. The SMILES string of the molecule is CCOC(=O)C(C)OP(=O)(CNC(=O)OCCOc1cc2c(cc1Cl)[C@@](C=CC1CC1)(C(F)(F)F)NC(=O)N2)Oc1ccccc1. The number of fused-ring (bicyclic) bond motifs is 1. The Morgan fingerprint density at radius 2 is 1.89 bits per heavy atom. The highest BCUT2D eigenvalue weighted by atomic mass is 35.5. The summed E-state index contributed by atoms with van der Waals surface area (Å²) in [5.41, 5.74) is -3.27. The van der Waals surface area contributed by atoms with Crippen molar-refractivity contribution in [1.29, 1.82) is 0 Å². The van der Waals surface area contributed by atoms with Crippen LogP contribution in [0.25, 0.3) is 0 Å². The fraction of sp³-hybridized carbons (Fsp3) is 0.414. The summed E-state index contributed by atoms with van der Waals surface area (Å²) in [6.45, 7) is 2.31. The normalized spacial score (nSPS) is 19.6. The molecule has 2 aromatic rings. The van der Waals surface area contributed by atoms with Gasteiger partial charge in [-0.05, 0) is 56.9 Å². The number of hydrogen-bond donors (Lipinski definition) is 3. The summed E-state index contributed by atoms with van der Waals surface area (Å²) in [7, 11) is -4.15. The summed E-state index contributed by atoms with van der Waals surface area (Å²) >= 11 is 6.27. The molecule has 0 aromatic heterocycles. The number of anilines is 1. The Balaban J connectivity index is 1.36. The second-order valence-electron chi connectivity index (χ2n) is 10.2. The average molecular weight is 690 g/mol. The van der Waals surface area contributed by atoms with Crippen LogP contribution < -0.4 is 25.2 Å². The zero-order chi connectivity index (χ0) is 33.5. The standard InChI is InChI=1S/C29H32ClF3N3O9P/c1-3-41-25(37)18(2)44-46(40,45-20-7-5-4-6-8-20)17-34-27(39)43-14-13-42-24-16-23-21(15-22(24)30)28(29(31,32)33,36-26(38)35-23)12-11-19-9-10-19/h4-8,11-12,15-16,18-19H,3,9-10,13-14,17H2,1-2H3,(H,34,39)(H2,35,36,38)/t18?,28-,46?/m0/s1. The van der Waals surface area contributed by atoms with E-state index >= 15 is 0 Å². The molecule has 0 saturated heterocycles. The largest absolute Gasteiger partial charge is 0.488 e. The van der Waals surface area contributed by atoms with Crippen LogP contribution in [0.1, 0.15) is 32.3 Å². The van der Waals surface area contributed by atoms with Crippen LogP contribution in [-0.2, 0) is 28.9 Å². The van der Waals surface area contributed by atoms with Gasteiger partial charge in [-0.3, -0.25) is 4.52 Å². The van der Waals surface area contributed by atoms with Crippen molar-refractivity contribution >= 4 is 43.0 Å². The predicted molar refractivity (Wildman–Crippen MR) is 160 cm³/mol. The van der Waals surface area contributed by atoms with Crippen LogP contribution in [0.3, 0.4) is 0 Å². The van der Waals surface area contributed by atoms with Crippen molar-refractivity contribution in [2.75, 3.05) is 31.4 Å². The van der Waals surface area contributed by atoms with Gasteiger partial charge in [0, 0.05) is 11.6 Å². The molecule has 46 heavy (non-hydrogen) atoms. The Kier molecular flexibility index (Phi) is 11.1. The van der Waals surface area contributed by atoms with Crippen molar-refractivity contribution in [1.82, 2.24) is 10.6 Å². The molecule has 0 radical (unpaired) electrons. The first-order valence-electron chi connectivity index (χ1n) is 14.2. The third-order valence-corrected chi connectivity index (χ3v) is 8.63. The molecule has 3 atom stereocenters. The maximum Gasteiger partial charge on any atom is 0.419 e. The van der Waals surface area contributed by atoms with Gasteiger partial charge in [0.05, 0.1) is 17.3 Å². The van der Waals surface area contributed by atoms with Gasteiger partial charge in [-0.15, -0.1) is 0 Å². The zero-order valence-corrected chi connectivity index (χ0v) is 26.4. The molecule has 2 aromatic carbocycles. The lowest BCUT2D eigenvalue weighted by Crippen LogP contribution is -2.58. The number of alkyl carbamates (subject to hydrolysis) is 1. The fourth-order valence-electron chi connectivity index (χ4n) is 4.29. The number of allylic oxidation sites excluding steroid dienone is 1. The number of nitrogens with one attached hydrogen (secondary N) is 3. The third kappa shape index (κ3) is 8.86. The fourth-order valence-corrected chi connectivity index (χ4v) is 6.02. The number of halogens is 4. The minimum atomic E-state index is -4.88. The third-order valence-electron chi connectivity index (χ3n) is 6.66. The van der Waals surface area contributed by atoms with E-state index in [0.29, 0.717) is 0 Å². The van der Waals surface area contributed by atoms with Crippen molar-refractivity contribution in [2.24, 2.45) is 5.92 Å². The van der Waals surface area contributed by atoms with E-state index in [0.717, 1.165) is 31.1 Å². The van der Waals surface area contributed by atoms with Gasteiger partial charge in [0.25, 0.3) is 0 Å². The lowest BCUT2D eigenvalue weighted by atomic mass is 9.85. The highest BCUT2D eigenvalue weighted by Gasteiger charge is 2.58. The zero-order valence-electron chi connectivity index (χ0n) is 24.7. The Hall–Kier alpha value is -3.94. The summed E-state index contributed by atoms with van der Waals surface area (Å²) in [5.74, 6) is -0.690. The molecule has 1 aliphatic heterocycles. The number of urea groups is 1. The van der Waals surface area contributed by atoms with Crippen molar-refractivity contribution in [3.05, 3.63) is 65.2 Å². The number of para-hydroxylation sites is 1. The van der Waals surface area contributed by atoms with Gasteiger partial charge in [0.15, 0.2) is 11.6 Å². The number of alkyl halides is 3. The molecule has 1 saturated carbocycles. The molecular weight excluding hydrogens is 658 g/mol. The second kappa shape index (κ2) is 14.7. The van der Waals surface area contributed by atoms with Gasteiger partial charge in [-0.25, -0.2) is 18.9 Å². The second-order valence-corrected chi connectivity index (χ2v) is 12.6. The van der Waals surface area contributed by atoms with Crippen LogP contribution in [0.5, 0.6) is 11.5 Å². The first kappa shape index (κ1) is 34.9. The lowest BCUT2D eigenvalue weighted by Gasteiger charge is -2.39. The van der Waals surface area contributed by atoms with E-state index in [1.807, 2.05) is 5.32 Å². The average Bonchev–Trinajstić information content (AvgIpc) is 3.82. The van der Waals surface area contributed by atoms with Crippen molar-refractivity contribution in [2.45, 2.75) is 44.5 Å². The number of hydrogen-bond acceptors (Lipinski definition) is 9. The van der Waals surface area contributed by atoms with Crippen molar-refractivity contribution in [3.63, 3.8) is 0 Å². The molecular formula is C29H32ClF3N3O9P. The quantitative estimate of drug-likeness (QED) is 0.0874. The Morgan fingerprint density at radius 1 is 1.17 bits per heavy atom. The van der Waals surface area contributed by atoms with Gasteiger partial charge in [-0.1, -0.05) is 35.9 Å². The van der Waals surface area contributed by atoms with Crippen LogP contribution in [0.15, 0.2) is 54.6 Å². The van der Waals surface area contributed by atoms with Gasteiger partial charge in [-0.2, -0.15) is 13.2 Å². The molecule has 1 heterocycles. The number of amides is 3. The van der Waals surface area contributed by atoms with E-state index in [-0.39, 0.29) is 53.5 Å². The smallest absolute Gasteiger partial charge is 0.419 e. The Bertz CT molecular complexity index is 1510. The van der Waals surface area contributed by atoms with E-state index in [1.54, 1.807) is 25.1 Å². The summed E-state index contributed by atoms with van der Waals surface area (Å²) in [4.78, 5) is 36.6. The molecule has 12 nitrogen and oxygen atoms in total. The highest BCUT2D eigenvalue weighted by Crippen LogP contribution is 2.49.